The number of rotatable bonds is 0. The third kappa shape index (κ3) is 2.56. The summed E-state index contributed by atoms with van der Waals surface area (Å²) in [6.07, 6.45) is 18.8. The van der Waals surface area contributed by atoms with Gasteiger partial charge in [0, 0.05) is 36.7 Å². The third-order valence-corrected chi connectivity index (χ3v) is 4.83. The molecule has 4 nitrogen and oxygen atoms in total. The van der Waals surface area contributed by atoms with Gasteiger partial charge in [0.25, 0.3) is 0 Å². The Morgan fingerprint density at radius 2 is 1.35 bits per heavy atom. The molecule has 3 aliphatic rings. The zero-order valence-electron chi connectivity index (χ0n) is 14.7. The molecular formula is C22H18N4. The van der Waals surface area contributed by atoms with E-state index >= 15 is 0 Å². The van der Waals surface area contributed by atoms with Crippen molar-refractivity contribution in [1.82, 2.24) is 9.13 Å². The van der Waals surface area contributed by atoms with Gasteiger partial charge in [0.2, 0.25) is 0 Å². The van der Waals surface area contributed by atoms with Gasteiger partial charge in [-0.3, -0.25) is 0 Å². The predicted molar refractivity (Wildman–Crippen MR) is 108 cm³/mol. The molecule has 0 fully saturated rings. The highest BCUT2D eigenvalue weighted by Gasteiger charge is 2.08. The number of fused-ring (bicyclic) bond motifs is 6. The van der Waals surface area contributed by atoms with Crippen LogP contribution in [0.3, 0.4) is 0 Å². The molecule has 126 valence electrons. The average Bonchev–Trinajstić information content (AvgIpc) is 3.36. The van der Waals surface area contributed by atoms with Crippen LogP contribution >= 0.6 is 0 Å². The molecule has 2 aromatic heterocycles. The second-order valence-corrected chi connectivity index (χ2v) is 6.72. The van der Waals surface area contributed by atoms with Crippen LogP contribution in [-0.2, 0) is 14.1 Å². The zero-order chi connectivity index (χ0) is 17.7. The van der Waals surface area contributed by atoms with Gasteiger partial charge in [0.15, 0.2) is 0 Å². The topological polar surface area (TPSA) is 34.6 Å². The maximum absolute atomic E-state index is 4.73. The molecule has 0 unspecified atom stereocenters. The summed E-state index contributed by atoms with van der Waals surface area (Å²) in [6, 6.07) is 6.38. The Kier molecular flexibility index (Phi) is 3.19. The van der Waals surface area contributed by atoms with Crippen LogP contribution in [0.1, 0.15) is 11.3 Å². The third-order valence-electron chi connectivity index (χ3n) is 4.83. The summed E-state index contributed by atoms with van der Waals surface area (Å²) in [5, 5.41) is 2.24. The van der Waals surface area contributed by atoms with E-state index in [1.54, 1.807) is 0 Å². The summed E-state index contributed by atoms with van der Waals surface area (Å²) in [7, 11) is 4.12. The SMILES string of the molecule is Cn1cc2cc1/C=C1/C=CC(=N1)/C=c1/cc/c(n1C)=C/C1=NC(=C\2)/C=C1. The monoisotopic (exact) mass is 338 g/mol. The van der Waals surface area contributed by atoms with Crippen LogP contribution in [0, 0.1) is 0 Å². The van der Waals surface area contributed by atoms with E-state index in [0.29, 0.717) is 0 Å². The van der Waals surface area contributed by atoms with Crippen molar-refractivity contribution in [2.75, 3.05) is 0 Å². The van der Waals surface area contributed by atoms with Crippen molar-refractivity contribution in [1.29, 1.82) is 0 Å². The maximum atomic E-state index is 4.73. The number of hydrogen-bond donors (Lipinski definition) is 0. The smallest absolute Gasteiger partial charge is 0.0658 e. The van der Waals surface area contributed by atoms with E-state index < -0.39 is 0 Å². The second kappa shape index (κ2) is 5.56. The standard InChI is InChI=1S/C22H18N4/c1-25-14-15-9-16-3-4-17(23-16)11-20-7-8-21(26(20)2)12-18-5-6-19(24-18)13-22(25)10-15/h3-14H,1-2H3/b16-9-,19-13-,20-11-,21-12-. The minimum atomic E-state index is 0.964. The molecule has 3 aliphatic heterocycles. The summed E-state index contributed by atoms with van der Waals surface area (Å²) < 4.78 is 4.27. The first kappa shape index (κ1) is 14.9. The quantitative estimate of drug-likeness (QED) is 0.707. The van der Waals surface area contributed by atoms with Crippen molar-refractivity contribution in [3.05, 3.63) is 82.0 Å². The lowest BCUT2D eigenvalue weighted by Gasteiger charge is -1.96. The molecule has 8 bridgehead atoms. The van der Waals surface area contributed by atoms with Crippen molar-refractivity contribution in [2.45, 2.75) is 0 Å². The van der Waals surface area contributed by atoms with Crippen LogP contribution in [0.2, 0.25) is 0 Å². The molecule has 4 heteroatoms. The number of aryl methyl sites for hydroxylation is 1. The van der Waals surface area contributed by atoms with Crippen LogP contribution in [0.15, 0.2) is 70.1 Å². The number of aromatic nitrogens is 2. The Balaban J connectivity index is 1.76. The molecule has 0 aromatic carbocycles. The van der Waals surface area contributed by atoms with E-state index in [2.05, 4.69) is 96.2 Å². The van der Waals surface area contributed by atoms with Crippen molar-refractivity contribution >= 4 is 35.7 Å². The molecule has 0 radical (unpaired) electrons. The van der Waals surface area contributed by atoms with Gasteiger partial charge in [-0.2, -0.15) is 0 Å². The Labute approximate surface area is 151 Å². The molecule has 0 aliphatic carbocycles. The van der Waals surface area contributed by atoms with Crippen LogP contribution in [0.5, 0.6) is 0 Å². The summed E-state index contributed by atoms with van der Waals surface area (Å²) in [4.78, 5) is 9.45. The fourth-order valence-electron chi connectivity index (χ4n) is 3.40. The molecule has 0 saturated heterocycles. The Bertz CT molecular complexity index is 1230. The van der Waals surface area contributed by atoms with Gasteiger partial charge in [-0.1, -0.05) is 0 Å². The zero-order valence-corrected chi connectivity index (χ0v) is 14.7. The van der Waals surface area contributed by atoms with E-state index in [9.17, 15) is 0 Å². The molecule has 0 amide bonds. The van der Waals surface area contributed by atoms with Crippen LogP contribution < -0.4 is 10.7 Å². The van der Waals surface area contributed by atoms with Crippen molar-refractivity contribution < 1.29 is 0 Å². The van der Waals surface area contributed by atoms with Gasteiger partial charge >= 0.3 is 0 Å². The molecule has 26 heavy (non-hydrogen) atoms. The molecule has 5 rings (SSSR count). The van der Waals surface area contributed by atoms with Gasteiger partial charge in [-0.05, 0) is 72.4 Å². The number of aliphatic imine (C=N–C) groups is 2. The Hall–Kier alpha value is -3.40. The molecule has 0 N–H and O–H groups in total. The van der Waals surface area contributed by atoms with Crippen molar-refractivity contribution in [2.24, 2.45) is 24.1 Å². The number of hydrogen-bond acceptors (Lipinski definition) is 2. The number of allylic oxidation sites excluding steroid dienone is 4. The lowest BCUT2D eigenvalue weighted by Crippen LogP contribution is -2.24. The number of nitrogens with zero attached hydrogens (tertiary/aromatic N) is 4. The Morgan fingerprint density at radius 3 is 2.00 bits per heavy atom. The molecule has 0 saturated carbocycles. The largest absolute Gasteiger partial charge is 0.350 e. The van der Waals surface area contributed by atoms with E-state index in [4.69, 9.17) is 9.98 Å². The normalized spacial score (nSPS) is 23.9. The average molecular weight is 338 g/mol. The molecule has 5 heterocycles. The van der Waals surface area contributed by atoms with Gasteiger partial charge in [0.1, 0.15) is 0 Å². The van der Waals surface area contributed by atoms with Crippen molar-refractivity contribution in [3.63, 3.8) is 0 Å². The van der Waals surface area contributed by atoms with E-state index in [0.717, 1.165) is 44.8 Å². The van der Waals surface area contributed by atoms with Gasteiger partial charge in [-0.25, -0.2) is 9.98 Å². The predicted octanol–water partition coefficient (Wildman–Crippen LogP) is 2.34. The first-order valence-electron chi connectivity index (χ1n) is 8.63. The second-order valence-electron chi connectivity index (χ2n) is 6.72. The minimum absolute atomic E-state index is 0.964. The van der Waals surface area contributed by atoms with Gasteiger partial charge in [-0.15, -0.1) is 0 Å². The van der Waals surface area contributed by atoms with E-state index in [1.807, 2.05) is 0 Å². The minimum Gasteiger partial charge on any atom is -0.350 e. The fraction of sp³-hybridized carbons (Fsp3) is 0.0909. The lowest BCUT2D eigenvalue weighted by atomic mass is 10.2. The highest BCUT2D eigenvalue weighted by atomic mass is 14.9. The van der Waals surface area contributed by atoms with Crippen LogP contribution in [0.25, 0.3) is 24.3 Å². The lowest BCUT2D eigenvalue weighted by molar-refractivity contribution is 0.861. The summed E-state index contributed by atoms with van der Waals surface area (Å²) in [5.41, 5.74) is 6.11. The van der Waals surface area contributed by atoms with Crippen LogP contribution in [0.4, 0.5) is 0 Å². The molecular weight excluding hydrogens is 320 g/mol. The van der Waals surface area contributed by atoms with Gasteiger partial charge in [0.05, 0.1) is 22.8 Å². The van der Waals surface area contributed by atoms with Crippen LogP contribution in [-0.4, -0.2) is 20.6 Å². The summed E-state index contributed by atoms with van der Waals surface area (Å²) in [6.45, 7) is 0. The first-order chi connectivity index (χ1) is 12.6. The van der Waals surface area contributed by atoms with E-state index in [-0.39, 0.29) is 0 Å². The fourth-order valence-corrected chi connectivity index (χ4v) is 3.40. The Morgan fingerprint density at radius 1 is 0.731 bits per heavy atom. The summed E-state index contributed by atoms with van der Waals surface area (Å²) >= 11 is 0. The molecule has 0 atom stereocenters. The molecule has 0 spiro atoms. The highest BCUT2D eigenvalue weighted by Crippen LogP contribution is 2.20. The van der Waals surface area contributed by atoms with Gasteiger partial charge < -0.3 is 9.13 Å². The van der Waals surface area contributed by atoms with Crippen molar-refractivity contribution in [3.8, 4) is 0 Å². The first-order valence-corrected chi connectivity index (χ1v) is 8.63. The molecule has 2 aromatic rings. The highest BCUT2D eigenvalue weighted by molar-refractivity contribution is 6.20. The maximum Gasteiger partial charge on any atom is 0.0658 e. The summed E-state index contributed by atoms with van der Waals surface area (Å²) in [5.74, 6) is 0. The van der Waals surface area contributed by atoms with E-state index in [1.165, 1.54) is 0 Å².